The van der Waals surface area contributed by atoms with Gasteiger partial charge in [-0.2, -0.15) is 0 Å². The van der Waals surface area contributed by atoms with E-state index in [9.17, 15) is 0 Å². The molecule has 0 aliphatic heterocycles. The summed E-state index contributed by atoms with van der Waals surface area (Å²) in [6.07, 6.45) is 1.77. The zero-order valence-corrected chi connectivity index (χ0v) is 12.7. The van der Waals surface area contributed by atoms with Gasteiger partial charge >= 0.3 is 0 Å². The predicted octanol–water partition coefficient (Wildman–Crippen LogP) is 4.12. The van der Waals surface area contributed by atoms with E-state index in [0.717, 1.165) is 28.1 Å². The third kappa shape index (κ3) is 4.40. The lowest BCUT2D eigenvalue weighted by atomic mass is 10.3. The van der Waals surface area contributed by atoms with Gasteiger partial charge < -0.3 is 14.5 Å². The SMILES string of the molecule is CC(C)NCc1coc(COc2ccccc2Br)c1. The minimum Gasteiger partial charge on any atom is -0.484 e. The Morgan fingerprint density at radius 1 is 1.32 bits per heavy atom. The van der Waals surface area contributed by atoms with Crippen molar-refractivity contribution in [1.82, 2.24) is 5.32 Å². The van der Waals surface area contributed by atoms with E-state index >= 15 is 0 Å². The second kappa shape index (κ2) is 6.78. The van der Waals surface area contributed by atoms with Crippen LogP contribution in [0.15, 0.2) is 45.5 Å². The maximum absolute atomic E-state index is 5.70. The number of furan rings is 1. The molecule has 0 radical (unpaired) electrons. The first-order valence-corrected chi connectivity index (χ1v) is 7.11. The summed E-state index contributed by atoms with van der Waals surface area (Å²) in [5, 5.41) is 3.35. The zero-order chi connectivity index (χ0) is 13.7. The highest BCUT2D eigenvalue weighted by Crippen LogP contribution is 2.24. The van der Waals surface area contributed by atoms with Gasteiger partial charge in [-0.1, -0.05) is 26.0 Å². The molecule has 19 heavy (non-hydrogen) atoms. The van der Waals surface area contributed by atoms with Crippen LogP contribution in [0.3, 0.4) is 0 Å². The van der Waals surface area contributed by atoms with Crippen LogP contribution in [0, 0.1) is 0 Å². The molecule has 0 aliphatic rings. The van der Waals surface area contributed by atoms with Gasteiger partial charge in [0, 0.05) is 18.2 Å². The number of rotatable bonds is 6. The first-order chi connectivity index (χ1) is 9.15. The van der Waals surface area contributed by atoms with E-state index in [1.165, 1.54) is 0 Å². The van der Waals surface area contributed by atoms with E-state index < -0.39 is 0 Å². The van der Waals surface area contributed by atoms with Crippen LogP contribution in [0.5, 0.6) is 5.75 Å². The van der Waals surface area contributed by atoms with Crippen LogP contribution in [0.2, 0.25) is 0 Å². The predicted molar refractivity (Wildman–Crippen MR) is 79.2 cm³/mol. The molecule has 1 N–H and O–H groups in total. The minimum atomic E-state index is 0.435. The first kappa shape index (κ1) is 14.2. The highest BCUT2D eigenvalue weighted by Gasteiger charge is 2.05. The van der Waals surface area contributed by atoms with Crippen LogP contribution in [-0.2, 0) is 13.2 Å². The van der Waals surface area contributed by atoms with Crippen LogP contribution < -0.4 is 10.1 Å². The van der Waals surface area contributed by atoms with Crippen molar-refractivity contribution in [2.45, 2.75) is 33.0 Å². The van der Waals surface area contributed by atoms with Crippen molar-refractivity contribution in [3.8, 4) is 5.75 Å². The maximum atomic E-state index is 5.70. The fourth-order valence-electron chi connectivity index (χ4n) is 1.63. The van der Waals surface area contributed by atoms with Crippen molar-refractivity contribution in [2.24, 2.45) is 0 Å². The molecule has 0 saturated carbocycles. The lowest BCUT2D eigenvalue weighted by Crippen LogP contribution is -2.21. The normalized spacial score (nSPS) is 10.9. The van der Waals surface area contributed by atoms with Crippen molar-refractivity contribution in [3.63, 3.8) is 0 Å². The van der Waals surface area contributed by atoms with Crippen molar-refractivity contribution < 1.29 is 9.15 Å². The smallest absolute Gasteiger partial charge is 0.146 e. The topological polar surface area (TPSA) is 34.4 Å². The third-order valence-corrected chi connectivity index (χ3v) is 3.28. The maximum Gasteiger partial charge on any atom is 0.146 e. The number of ether oxygens (including phenoxy) is 1. The van der Waals surface area contributed by atoms with E-state index in [2.05, 4.69) is 35.1 Å². The van der Waals surface area contributed by atoms with E-state index in [4.69, 9.17) is 9.15 Å². The van der Waals surface area contributed by atoms with Gasteiger partial charge in [0.1, 0.15) is 18.1 Å². The van der Waals surface area contributed by atoms with Gasteiger partial charge in [-0.15, -0.1) is 0 Å². The van der Waals surface area contributed by atoms with E-state index in [1.807, 2.05) is 30.3 Å². The van der Waals surface area contributed by atoms with Gasteiger partial charge in [0.25, 0.3) is 0 Å². The molecule has 0 unspecified atom stereocenters. The van der Waals surface area contributed by atoms with Gasteiger partial charge in [0.2, 0.25) is 0 Å². The Kier molecular flexibility index (Phi) is 5.05. The summed E-state index contributed by atoms with van der Waals surface area (Å²) >= 11 is 3.45. The van der Waals surface area contributed by atoms with Crippen molar-refractivity contribution in [1.29, 1.82) is 0 Å². The quantitative estimate of drug-likeness (QED) is 0.868. The zero-order valence-electron chi connectivity index (χ0n) is 11.2. The molecule has 3 nitrogen and oxygen atoms in total. The Hall–Kier alpha value is -1.26. The Morgan fingerprint density at radius 3 is 2.84 bits per heavy atom. The molecule has 2 aromatic rings. The third-order valence-electron chi connectivity index (χ3n) is 2.63. The molecule has 1 aromatic heterocycles. The van der Waals surface area contributed by atoms with Crippen molar-refractivity contribution in [3.05, 3.63) is 52.4 Å². The van der Waals surface area contributed by atoms with Crippen LogP contribution in [0.25, 0.3) is 0 Å². The van der Waals surface area contributed by atoms with Gasteiger partial charge in [0.05, 0.1) is 10.7 Å². The van der Waals surface area contributed by atoms with Crippen molar-refractivity contribution in [2.75, 3.05) is 0 Å². The van der Waals surface area contributed by atoms with E-state index in [0.29, 0.717) is 12.6 Å². The molecule has 0 saturated heterocycles. The van der Waals surface area contributed by atoms with E-state index in [-0.39, 0.29) is 0 Å². The molecule has 0 aliphatic carbocycles. The number of hydrogen-bond acceptors (Lipinski definition) is 3. The van der Waals surface area contributed by atoms with Gasteiger partial charge in [-0.25, -0.2) is 0 Å². The average molecular weight is 324 g/mol. The molecule has 2 rings (SSSR count). The van der Waals surface area contributed by atoms with Crippen LogP contribution in [0.4, 0.5) is 0 Å². The largest absolute Gasteiger partial charge is 0.484 e. The molecule has 0 amide bonds. The van der Waals surface area contributed by atoms with Gasteiger partial charge in [-0.3, -0.25) is 0 Å². The molecule has 0 bridgehead atoms. The number of halogens is 1. The first-order valence-electron chi connectivity index (χ1n) is 6.32. The number of benzene rings is 1. The summed E-state index contributed by atoms with van der Waals surface area (Å²) in [5.74, 6) is 1.65. The molecule has 0 atom stereocenters. The molecular weight excluding hydrogens is 306 g/mol. The Balaban J connectivity index is 1.88. The molecule has 1 heterocycles. The number of nitrogens with one attached hydrogen (secondary N) is 1. The summed E-state index contributed by atoms with van der Waals surface area (Å²) in [4.78, 5) is 0. The number of para-hydroxylation sites is 1. The monoisotopic (exact) mass is 323 g/mol. The molecule has 1 aromatic carbocycles. The second-order valence-electron chi connectivity index (χ2n) is 4.68. The summed E-state index contributed by atoms with van der Waals surface area (Å²) in [6, 6.07) is 10.3. The molecule has 102 valence electrons. The van der Waals surface area contributed by atoms with Crippen LogP contribution >= 0.6 is 15.9 Å². The lowest BCUT2D eigenvalue weighted by Gasteiger charge is -2.06. The van der Waals surface area contributed by atoms with Crippen molar-refractivity contribution >= 4 is 15.9 Å². The average Bonchev–Trinajstić information content (AvgIpc) is 2.83. The highest BCUT2D eigenvalue weighted by molar-refractivity contribution is 9.10. The minimum absolute atomic E-state index is 0.435. The standard InChI is InChI=1S/C15H18BrNO2/c1-11(2)17-8-12-7-13(18-9-12)10-19-15-6-4-3-5-14(15)16/h3-7,9,11,17H,8,10H2,1-2H3. The summed E-state index contributed by atoms with van der Waals surface area (Å²) in [7, 11) is 0. The molecular formula is C15H18BrNO2. The number of hydrogen-bond donors (Lipinski definition) is 1. The Bertz CT molecular complexity index is 522. The van der Waals surface area contributed by atoms with E-state index in [1.54, 1.807) is 6.26 Å². The summed E-state index contributed by atoms with van der Waals surface area (Å²) in [6.45, 7) is 5.49. The molecule has 0 fully saturated rings. The van der Waals surface area contributed by atoms with Crippen LogP contribution in [-0.4, -0.2) is 6.04 Å². The summed E-state index contributed by atoms with van der Waals surface area (Å²) < 4.78 is 12.1. The fourth-order valence-corrected chi connectivity index (χ4v) is 2.03. The molecule has 0 spiro atoms. The van der Waals surface area contributed by atoms with Crippen LogP contribution in [0.1, 0.15) is 25.2 Å². The highest BCUT2D eigenvalue weighted by atomic mass is 79.9. The fraction of sp³-hybridized carbons (Fsp3) is 0.333. The van der Waals surface area contributed by atoms with Gasteiger partial charge in [0.15, 0.2) is 0 Å². The summed E-state index contributed by atoms with van der Waals surface area (Å²) in [5.41, 5.74) is 1.14. The lowest BCUT2D eigenvalue weighted by molar-refractivity contribution is 0.269. The molecule has 4 heteroatoms. The van der Waals surface area contributed by atoms with Gasteiger partial charge in [-0.05, 0) is 34.1 Å². The second-order valence-corrected chi connectivity index (χ2v) is 5.53. The Labute approximate surface area is 122 Å². The Morgan fingerprint density at radius 2 is 2.11 bits per heavy atom.